The molecule has 1 aliphatic heterocycles. The molecule has 6 heteroatoms. The van der Waals surface area contributed by atoms with Gasteiger partial charge in [0.25, 0.3) is 0 Å². The summed E-state index contributed by atoms with van der Waals surface area (Å²) in [6.07, 6.45) is 8.86. The second-order valence-corrected chi connectivity index (χ2v) is 7.01. The highest BCUT2D eigenvalue weighted by molar-refractivity contribution is 5.62. The molecule has 4 rings (SSSR count). The quantitative estimate of drug-likeness (QED) is 0.849. The standard InChI is InChI=1S/C18H23N5O/c1-14-11-24-8-7-22(14)17-9-15(16-10-20-13-23(16)21-17)18(12-19)5-3-2-4-6-18/h9-10,13-14H,2-8,11H2,1H3. The first-order valence-corrected chi connectivity index (χ1v) is 8.83. The number of hydrogen-bond acceptors (Lipinski definition) is 5. The fourth-order valence-corrected chi connectivity index (χ4v) is 4.09. The lowest BCUT2D eigenvalue weighted by Crippen LogP contribution is -2.44. The van der Waals surface area contributed by atoms with Gasteiger partial charge in [0, 0.05) is 12.1 Å². The molecular weight excluding hydrogens is 302 g/mol. The van der Waals surface area contributed by atoms with Crippen molar-refractivity contribution in [3.05, 3.63) is 24.2 Å². The monoisotopic (exact) mass is 325 g/mol. The summed E-state index contributed by atoms with van der Waals surface area (Å²) in [6.45, 7) is 4.40. The normalized spacial score (nSPS) is 24.0. The number of aromatic nitrogens is 3. The van der Waals surface area contributed by atoms with Gasteiger partial charge in [0.2, 0.25) is 0 Å². The Bertz CT molecular complexity index is 771. The van der Waals surface area contributed by atoms with Crippen molar-refractivity contribution in [3.63, 3.8) is 0 Å². The molecule has 126 valence electrons. The van der Waals surface area contributed by atoms with E-state index in [1.807, 2.05) is 10.7 Å². The Morgan fingerprint density at radius 2 is 2.17 bits per heavy atom. The molecule has 2 aliphatic rings. The van der Waals surface area contributed by atoms with Crippen LogP contribution < -0.4 is 4.90 Å². The third kappa shape index (κ3) is 2.44. The van der Waals surface area contributed by atoms with Crippen LogP contribution >= 0.6 is 0 Å². The van der Waals surface area contributed by atoms with Gasteiger partial charge < -0.3 is 9.64 Å². The number of hydrogen-bond donors (Lipinski definition) is 0. The second kappa shape index (κ2) is 6.06. The summed E-state index contributed by atoms with van der Waals surface area (Å²) in [5.41, 5.74) is 1.64. The van der Waals surface area contributed by atoms with E-state index >= 15 is 0 Å². The molecule has 1 unspecified atom stereocenters. The van der Waals surface area contributed by atoms with Crippen molar-refractivity contribution in [2.45, 2.75) is 50.5 Å². The average molecular weight is 325 g/mol. The van der Waals surface area contributed by atoms with E-state index in [2.05, 4.69) is 28.9 Å². The minimum atomic E-state index is -0.410. The lowest BCUT2D eigenvalue weighted by atomic mass is 9.70. The van der Waals surface area contributed by atoms with Crippen LogP contribution in [0.15, 0.2) is 18.6 Å². The Balaban J connectivity index is 1.85. The average Bonchev–Trinajstić information content (AvgIpc) is 3.10. The van der Waals surface area contributed by atoms with Crippen LogP contribution in [0.25, 0.3) is 5.52 Å². The van der Waals surface area contributed by atoms with E-state index in [0.29, 0.717) is 13.2 Å². The van der Waals surface area contributed by atoms with Gasteiger partial charge in [-0.3, -0.25) is 0 Å². The van der Waals surface area contributed by atoms with Gasteiger partial charge in [-0.15, -0.1) is 5.10 Å². The Morgan fingerprint density at radius 1 is 1.33 bits per heavy atom. The molecule has 1 saturated heterocycles. The summed E-state index contributed by atoms with van der Waals surface area (Å²) in [6, 6.07) is 5.06. The zero-order valence-electron chi connectivity index (χ0n) is 14.1. The maximum atomic E-state index is 10.0. The molecule has 0 amide bonds. The van der Waals surface area contributed by atoms with Crippen molar-refractivity contribution in [2.75, 3.05) is 24.7 Å². The third-order valence-electron chi connectivity index (χ3n) is 5.48. The van der Waals surface area contributed by atoms with Gasteiger partial charge in [-0.05, 0) is 25.8 Å². The minimum absolute atomic E-state index is 0.282. The van der Waals surface area contributed by atoms with E-state index in [1.54, 1.807) is 6.33 Å². The highest BCUT2D eigenvalue weighted by atomic mass is 16.5. The first kappa shape index (κ1) is 15.4. The fraction of sp³-hybridized carbons (Fsp3) is 0.611. The number of morpholine rings is 1. The number of ether oxygens (including phenoxy) is 1. The Morgan fingerprint density at radius 3 is 2.92 bits per heavy atom. The zero-order valence-corrected chi connectivity index (χ0v) is 14.1. The number of rotatable bonds is 2. The van der Waals surface area contributed by atoms with Crippen molar-refractivity contribution in [1.82, 2.24) is 14.6 Å². The van der Waals surface area contributed by atoms with E-state index < -0.39 is 5.41 Å². The minimum Gasteiger partial charge on any atom is -0.377 e. The van der Waals surface area contributed by atoms with Crippen molar-refractivity contribution in [2.24, 2.45) is 0 Å². The number of imidazole rings is 1. The Hall–Kier alpha value is -2.13. The van der Waals surface area contributed by atoms with Gasteiger partial charge in [0.05, 0.1) is 42.5 Å². The maximum Gasteiger partial charge on any atom is 0.150 e. The number of nitrogens with zero attached hydrogens (tertiary/aromatic N) is 5. The van der Waals surface area contributed by atoms with Gasteiger partial charge >= 0.3 is 0 Å². The van der Waals surface area contributed by atoms with E-state index in [0.717, 1.165) is 49.1 Å². The fourth-order valence-electron chi connectivity index (χ4n) is 4.09. The van der Waals surface area contributed by atoms with Crippen molar-refractivity contribution < 1.29 is 4.74 Å². The van der Waals surface area contributed by atoms with Crippen molar-refractivity contribution >= 4 is 11.3 Å². The molecule has 0 radical (unpaired) electrons. The van der Waals surface area contributed by atoms with E-state index in [9.17, 15) is 5.26 Å². The molecule has 1 saturated carbocycles. The first-order chi connectivity index (χ1) is 11.7. The molecule has 1 aliphatic carbocycles. The SMILES string of the molecule is CC1COCCN1c1cc(C2(C#N)CCCCC2)c2cncn2n1. The lowest BCUT2D eigenvalue weighted by Gasteiger charge is -2.36. The predicted octanol–water partition coefficient (Wildman–Crippen LogP) is 2.68. The molecule has 2 fully saturated rings. The third-order valence-corrected chi connectivity index (χ3v) is 5.48. The summed E-state index contributed by atoms with van der Waals surface area (Å²) >= 11 is 0. The molecule has 0 aromatic carbocycles. The van der Waals surface area contributed by atoms with Crippen LogP contribution in [0.3, 0.4) is 0 Å². The molecular formula is C18H23N5O. The Labute approximate surface area is 142 Å². The summed E-state index contributed by atoms with van der Waals surface area (Å²) in [7, 11) is 0. The lowest BCUT2D eigenvalue weighted by molar-refractivity contribution is 0.0984. The molecule has 2 aromatic heterocycles. The molecule has 6 nitrogen and oxygen atoms in total. The molecule has 0 spiro atoms. The molecule has 3 heterocycles. The summed E-state index contributed by atoms with van der Waals surface area (Å²) in [4.78, 5) is 6.55. The number of fused-ring (bicyclic) bond motifs is 1. The van der Waals surface area contributed by atoms with Gasteiger partial charge in [-0.25, -0.2) is 9.50 Å². The highest BCUT2D eigenvalue weighted by Crippen LogP contribution is 2.41. The van der Waals surface area contributed by atoms with Crippen LogP contribution in [-0.4, -0.2) is 40.4 Å². The smallest absolute Gasteiger partial charge is 0.150 e. The van der Waals surface area contributed by atoms with Gasteiger partial charge in [0.15, 0.2) is 0 Å². The number of nitriles is 1. The van der Waals surface area contributed by atoms with Crippen LogP contribution in [0.4, 0.5) is 5.82 Å². The molecule has 2 aromatic rings. The first-order valence-electron chi connectivity index (χ1n) is 8.83. The van der Waals surface area contributed by atoms with Gasteiger partial charge in [-0.1, -0.05) is 19.3 Å². The van der Waals surface area contributed by atoms with Gasteiger partial charge in [0.1, 0.15) is 12.1 Å². The van der Waals surface area contributed by atoms with E-state index in [4.69, 9.17) is 9.84 Å². The van der Waals surface area contributed by atoms with Crippen LogP contribution in [0, 0.1) is 11.3 Å². The van der Waals surface area contributed by atoms with E-state index in [-0.39, 0.29) is 6.04 Å². The highest BCUT2D eigenvalue weighted by Gasteiger charge is 2.37. The molecule has 0 N–H and O–H groups in total. The van der Waals surface area contributed by atoms with Crippen LogP contribution in [0.1, 0.15) is 44.6 Å². The van der Waals surface area contributed by atoms with Crippen LogP contribution in [0.2, 0.25) is 0 Å². The van der Waals surface area contributed by atoms with Gasteiger partial charge in [-0.2, -0.15) is 5.26 Å². The Kier molecular flexibility index (Phi) is 3.89. The molecule has 24 heavy (non-hydrogen) atoms. The number of anilines is 1. The molecule has 0 bridgehead atoms. The van der Waals surface area contributed by atoms with Crippen molar-refractivity contribution in [1.29, 1.82) is 5.26 Å². The van der Waals surface area contributed by atoms with Crippen LogP contribution in [0.5, 0.6) is 0 Å². The topological polar surface area (TPSA) is 66.5 Å². The summed E-state index contributed by atoms with van der Waals surface area (Å²) in [5, 5.41) is 14.8. The van der Waals surface area contributed by atoms with Crippen molar-refractivity contribution in [3.8, 4) is 6.07 Å². The van der Waals surface area contributed by atoms with Crippen LogP contribution in [-0.2, 0) is 10.2 Å². The second-order valence-electron chi connectivity index (χ2n) is 7.01. The predicted molar refractivity (Wildman–Crippen MR) is 91.0 cm³/mol. The van der Waals surface area contributed by atoms with E-state index in [1.165, 1.54) is 6.42 Å². The zero-order chi connectivity index (χ0) is 16.6. The largest absolute Gasteiger partial charge is 0.377 e. The maximum absolute atomic E-state index is 10.0. The summed E-state index contributed by atoms with van der Waals surface area (Å²) in [5.74, 6) is 0.923. The molecule has 1 atom stereocenters. The summed E-state index contributed by atoms with van der Waals surface area (Å²) < 4.78 is 7.39.